The Labute approximate surface area is 124 Å². The molecule has 0 aliphatic heterocycles. The molecule has 1 aromatic carbocycles. The summed E-state index contributed by atoms with van der Waals surface area (Å²) in [5, 5.41) is 9.52. The van der Waals surface area contributed by atoms with Crippen molar-refractivity contribution in [2.45, 2.75) is 11.4 Å². The second kappa shape index (κ2) is 5.89. The van der Waals surface area contributed by atoms with Gasteiger partial charge in [0.25, 0.3) is 5.91 Å². The van der Waals surface area contributed by atoms with Gasteiger partial charge in [-0.2, -0.15) is 8.42 Å². The number of nitrogens with one attached hydrogen (secondary N) is 1. The number of halogens is 1. The van der Waals surface area contributed by atoms with E-state index in [9.17, 15) is 21.9 Å². The van der Waals surface area contributed by atoms with Crippen LogP contribution in [0.15, 0.2) is 35.4 Å². The Hall–Kier alpha value is -2.82. The maximum atomic E-state index is 12.7. The number of primary amides is 1. The highest BCUT2D eigenvalue weighted by atomic mass is 32.3. The first-order chi connectivity index (χ1) is 10.3. The van der Waals surface area contributed by atoms with Gasteiger partial charge in [0.15, 0.2) is 5.69 Å². The predicted molar refractivity (Wildman–Crippen MR) is 71.9 cm³/mol. The van der Waals surface area contributed by atoms with Crippen LogP contribution in [0.2, 0.25) is 0 Å². The van der Waals surface area contributed by atoms with E-state index in [1.165, 1.54) is 18.3 Å². The molecule has 11 heteroatoms. The molecule has 0 aliphatic carbocycles. The zero-order valence-corrected chi connectivity index (χ0v) is 11.7. The smallest absolute Gasteiger partial charge is 0.332 e. The van der Waals surface area contributed by atoms with Crippen molar-refractivity contribution in [2.75, 3.05) is 5.32 Å². The molecule has 2 amide bonds. The maximum absolute atomic E-state index is 12.7. The van der Waals surface area contributed by atoms with E-state index in [0.717, 1.165) is 16.8 Å². The van der Waals surface area contributed by atoms with Crippen molar-refractivity contribution in [2.24, 2.45) is 5.73 Å². The Morgan fingerprint density at radius 1 is 1.27 bits per heavy atom. The predicted octanol–water partition coefficient (Wildman–Crippen LogP) is -0.326. The fraction of sp³-hybridized carbons (Fsp3) is 0.0909. The summed E-state index contributed by atoms with van der Waals surface area (Å²) in [6, 6.07) is 4.46. The standard InChI is InChI=1S/C11H10FN5O4S/c12-22(20,21)8-3-1-7(2-4-8)14-11(19)9-5-17(16-15-9)6-10(13)18/h1-5H,6H2,(H2,13,18)(H,14,19). The summed E-state index contributed by atoms with van der Waals surface area (Å²) >= 11 is 0. The third kappa shape index (κ3) is 3.85. The van der Waals surface area contributed by atoms with Gasteiger partial charge in [-0.15, -0.1) is 8.98 Å². The average Bonchev–Trinajstić information content (AvgIpc) is 2.86. The van der Waals surface area contributed by atoms with Crippen molar-refractivity contribution in [3.63, 3.8) is 0 Å². The van der Waals surface area contributed by atoms with Crippen LogP contribution in [0, 0.1) is 0 Å². The van der Waals surface area contributed by atoms with Crippen molar-refractivity contribution < 1.29 is 21.9 Å². The monoisotopic (exact) mass is 327 g/mol. The lowest BCUT2D eigenvalue weighted by Crippen LogP contribution is -2.19. The molecule has 0 aliphatic rings. The van der Waals surface area contributed by atoms with Gasteiger partial charge < -0.3 is 11.1 Å². The van der Waals surface area contributed by atoms with Gasteiger partial charge in [0.2, 0.25) is 5.91 Å². The highest BCUT2D eigenvalue weighted by molar-refractivity contribution is 7.86. The van der Waals surface area contributed by atoms with Crippen LogP contribution in [-0.2, 0) is 21.6 Å². The highest BCUT2D eigenvalue weighted by Crippen LogP contribution is 2.16. The molecule has 0 atom stereocenters. The van der Waals surface area contributed by atoms with Gasteiger partial charge in [0.05, 0.1) is 11.1 Å². The molecule has 0 saturated heterocycles. The van der Waals surface area contributed by atoms with E-state index >= 15 is 0 Å². The lowest BCUT2D eigenvalue weighted by molar-refractivity contribution is -0.118. The Bertz CT molecular complexity index is 815. The Morgan fingerprint density at radius 2 is 1.91 bits per heavy atom. The van der Waals surface area contributed by atoms with Crippen molar-refractivity contribution in [3.8, 4) is 0 Å². The van der Waals surface area contributed by atoms with Gasteiger partial charge in [0.1, 0.15) is 6.54 Å². The number of nitrogens with zero attached hydrogens (tertiary/aromatic N) is 3. The van der Waals surface area contributed by atoms with Crippen molar-refractivity contribution >= 4 is 27.7 Å². The average molecular weight is 327 g/mol. The van der Waals surface area contributed by atoms with Crippen LogP contribution >= 0.6 is 0 Å². The summed E-state index contributed by atoms with van der Waals surface area (Å²) < 4.78 is 35.1. The third-order valence-corrected chi connectivity index (χ3v) is 3.32. The Morgan fingerprint density at radius 3 is 2.45 bits per heavy atom. The maximum Gasteiger partial charge on any atom is 0.332 e. The first kappa shape index (κ1) is 15.6. The van der Waals surface area contributed by atoms with Crippen LogP contribution in [0.5, 0.6) is 0 Å². The molecular formula is C11H10FN5O4S. The minimum absolute atomic E-state index is 0.0663. The molecule has 2 aromatic rings. The number of hydrogen-bond acceptors (Lipinski definition) is 6. The van der Waals surface area contributed by atoms with E-state index in [1.54, 1.807) is 0 Å². The highest BCUT2D eigenvalue weighted by Gasteiger charge is 2.14. The van der Waals surface area contributed by atoms with Gasteiger partial charge in [-0.05, 0) is 24.3 Å². The van der Waals surface area contributed by atoms with Crippen LogP contribution in [0.4, 0.5) is 9.57 Å². The number of nitrogens with two attached hydrogens (primary N) is 1. The molecule has 2 rings (SSSR count). The molecule has 0 spiro atoms. The number of carbonyl (C=O) groups is 2. The molecule has 9 nitrogen and oxygen atoms in total. The summed E-state index contributed by atoms with van der Waals surface area (Å²) in [5.41, 5.74) is 5.15. The van der Waals surface area contributed by atoms with Gasteiger partial charge in [-0.3, -0.25) is 9.59 Å². The van der Waals surface area contributed by atoms with Crippen molar-refractivity contribution in [1.29, 1.82) is 0 Å². The summed E-state index contributed by atoms with van der Waals surface area (Å²) in [5.74, 6) is -1.27. The van der Waals surface area contributed by atoms with Gasteiger partial charge >= 0.3 is 10.2 Å². The van der Waals surface area contributed by atoms with Gasteiger partial charge in [0, 0.05) is 5.69 Å². The van der Waals surface area contributed by atoms with Crippen LogP contribution in [0.1, 0.15) is 10.5 Å². The molecule has 22 heavy (non-hydrogen) atoms. The summed E-state index contributed by atoms with van der Waals surface area (Å²) in [6.45, 7) is -0.219. The first-order valence-corrected chi connectivity index (χ1v) is 7.18. The molecule has 0 radical (unpaired) electrons. The molecule has 1 heterocycles. The quantitative estimate of drug-likeness (QED) is 0.722. The second-order valence-corrected chi connectivity index (χ2v) is 5.53. The normalized spacial score (nSPS) is 11.1. The molecule has 116 valence electrons. The topological polar surface area (TPSA) is 137 Å². The van der Waals surface area contributed by atoms with Gasteiger partial charge in [-0.1, -0.05) is 5.21 Å². The molecule has 0 unspecified atom stereocenters. The fourth-order valence-electron chi connectivity index (χ4n) is 1.54. The number of rotatable bonds is 5. The largest absolute Gasteiger partial charge is 0.368 e. The Kier molecular flexibility index (Phi) is 4.17. The van der Waals surface area contributed by atoms with Crippen molar-refractivity contribution in [3.05, 3.63) is 36.2 Å². The molecule has 0 bridgehead atoms. The number of carbonyl (C=O) groups excluding carboxylic acids is 2. The van der Waals surface area contributed by atoms with E-state index in [1.807, 2.05) is 0 Å². The van der Waals surface area contributed by atoms with Crippen LogP contribution in [0.25, 0.3) is 0 Å². The SMILES string of the molecule is NC(=O)Cn1cc(C(=O)Nc2ccc(S(=O)(=O)F)cc2)nn1. The minimum Gasteiger partial charge on any atom is -0.368 e. The van der Waals surface area contributed by atoms with E-state index in [2.05, 4.69) is 15.6 Å². The first-order valence-electron chi connectivity index (χ1n) is 5.80. The minimum atomic E-state index is -4.79. The van der Waals surface area contributed by atoms with Gasteiger partial charge in [-0.25, -0.2) is 4.68 Å². The molecular weight excluding hydrogens is 317 g/mol. The van der Waals surface area contributed by atoms with E-state index in [0.29, 0.717) is 0 Å². The number of aromatic nitrogens is 3. The molecule has 0 fully saturated rings. The summed E-state index contributed by atoms with van der Waals surface area (Å²) in [6.07, 6.45) is 1.22. The zero-order valence-electron chi connectivity index (χ0n) is 10.9. The zero-order chi connectivity index (χ0) is 16.3. The summed E-state index contributed by atoms with van der Waals surface area (Å²) in [4.78, 5) is 22.0. The summed E-state index contributed by atoms with van der Waals surface area (Å²) in [7, 11) is -4.79. The third-order valence-electron chi connectivity index (χ3n) is 2.48. The van der Waals surface area contributed by atoms with E-state index < -0.39 is 26.9 Å². The Balaban J connectivity index is 2.08. The number of anilines is 1. The second-order valence-electron chi connectivity index (χ2n) is 4.18. The lowest BCUT2D eigenvalue weighted by Gasteiger charge is -2.03. The van der Waals surface area contributed by atoms with Crippen LogP contribution in [-0.4, -0.2) is 35.2 Å². The number of hydrogen-bond donors (Lipinski definition) is 2. The van der Waals surface area contributed by atoms with E-state index in [-0.39, 0.29) is 17.9 Å². The number of benzene rings is 1. The molecule has 1 aromatic heterocycles. The fourth-order valence-corrected chi connectivity index (χ4v) is 2.00. The molecule has 0 saturated carbocycles. The molecule has 3 N–H and O–H groups in total. The lowest BCUT2D eigenvalue weighted by atomic mass is 10.3. The number of amides is 2. The van der Waals surface area contributed by atoms with Crippen LogP contribution < -0.4 is 11.1 Å². The van der Waals surface area contributed by atoms with E-state index in [4.69, 9.17) is 5.73 Å². The van der Waals surface area contributed by atoms with Crippen molar-refractivity contribution in [1.82, 2.24) is 15.0 Å². The van der Waals surface area contributed by atoms with Crippen LogP contribution in [0.3, 0.4) is 0 Å².